The molecular weight excluding hydrogens is 344 g/mol. The van der Waals surface area contributed by atoms with Gasteiger partial charge < -0.3 is 4.74 Å². The van der Waals surface area contributed by atoms with E-state index in [0.29, 0.717) is 5.56 Å². The zero-order valence-corrected chi connectivity index (χ0v) is 15.3. The molecule has 0 spiro atoms. The first-order valence-corrected chi connectivity index (χ1v) is 9.35. The van der Waals surface area contributed by atoms with Crippen molar-refractivity contribution in [1.82, 2.24) is 0 Å². The third-order valence-electron chi connectivity index (χ3n) is 5.21. The van der Waals surface area contributed by atoms with Crippen LogP contribution in [0.1, 0.15) is 15.9 Å². The maximum Gasteiger partial charge on any atom is 0.339 e. The normalized spacial score (nSPS) is 11.1. The van der Waals surface area contributed by atoms with Crippen LogP contribution >= 0.6 is 0 Å². The number of carbonyl (C=O) groups excluding carboxylic acids is 1. The van der Waals surface area contributed by atoms with Crippen molar-refractivity contribution in [2.75, 3.05) is 0 Å². The lowest BCUT2D eigenvalue weighted by molar-refractivity contribution is 0.0479. The largest absolute Gasteiger partial charge is 0.457 e. The second kappa shape index (κ2) is 6.82. The van der Waals surface area contributed by atoms with Gasteiger partial charge in [-0.15, -0.1) is 0 Å². The minimum atomic E-state index is -0.291. The van der Waals surface area contributed by atoms with E-state index < -0.39 is 0 Å². The van der Waals surface area contributed by atoms with Crippen LogP contribution < -0.4 is 0 Å². The van der Waals surface area contributed by atoms with Crippen LogP contribution in [0.5, 0.6) is 0 Å². The van der Waals surface area contributed by atoms with Crippen molar-refractivity contribution < 1.29 is 9.53 Å². The topological polar surface area (TPSA) is 26.3 Å². The number of hydrogen-bond donors (Lipinski definition) is 0. The van der Waals surface area contributed by atoms with E-state index in [0.717, 1.165) is 37.9 Å². The zero-order chi connectivity index (χ0) is 18.9. The summed E-state index contributed by atoms with van der Waals surface area (Å²) in [5.74, 6) is -0.291. The van der Waals surface area contributed by atoms with Crippen LogP contribution in [-0.4, -0.2) is 5.97 Å². The molecule has 0 saturated carbocycles. The Bertz CT molecular complexity index is 1280. The number of esters is 1. The van der Waals surface area contributed by atoms with Gasteiger partial charge in [0.25, 0.3) is 0 Å². The molecule has 0 aliphatic rings. The van der Waals surface area contributed by atoms with Crippen molar-refractivity contribution >= 4 is 38.3 Å². The van der Waals surface area contributed by atoms with Crippen LogP contribution in [0, 0.1) is 0 Å². The Morgan fingerprint density at radius 3 is 1.82 bits per heavy atom. The minimum Gasteiger partial charge on any atom is -0.457 e. The Balaban J connectivity index is 1.57. The fourth-order valence-electron chi connectivity index (χ4n) is 3.87. The maximum absolute atomic E-state index is 13.2. The van der Waals surface area contributed by atoms with Crippen LogP contribution in [0.4, 0.5) is 0 Å². The molecule has 0 bridgehead atoms. The van der Waals surface area contributed by atoms with Crippen molar-refractivity contribution in [3.8, 4) is 0 Å². The molecule has 0 aromatic heterocycles. The fraction of sp³-hybridized carbons (Fsp3) is 0.0385. The molecule has 5 aromatic carbocycles. The average Bonchev–Trinajstić information content (AvgIpc) is 2.75. The molecule has 0 unspecified atom stereocenters. The molecule has 0 radical (unpaired) electrons. The lowest BCUT2D eigenvalue weighted by Crippen LogP contribution is -2.07. The molecule has 0 N–H and O–H groups in total. The van der Waals surface area contributed by atoms with Gasteiger partial charge in [0, 0.05) is 0 Å². The highest BCUT2D eigenvalue weighted by Gasteiger charge is 2.16. The minimum absolute atomic E-state index is 0.248. The SMILES string of the molecule is O=C(OCc1cccc2ccccc12)c1c2ccccc2cc2ccccc12. The summed E-state index contributed by atoms with van der Waals surface area (Å²) in [5, 5.41) is 6.18. The lowest BCUT2D eigenvalue weighted by Gasteiger charge is -2.12. The van der Waals surface area contributed by atoms with Gasteiger partial charge in [-0.05, 0) is 43.9 Å². The number of ether oxygens (including phenoxy) is 1. The lowest BCUT2D eigenvalue weighted by atomic mass is 9.97. The van der Waals surface area contributed by atoms with Gasteiger partial charge in [-0.3, -0.25) is 0 Å². The Labute approximate surface area is 163 Å². The van der Waals surface area contributed by atoms with Gasteiger partial charge in [-0.2, -0.15) is 0 Å². The smallest absolute Gasteiger partial charge is 0.339 e. The second-order valence-electron chi connectivity index (χ2n) is 6.91. The van der Waals surface area contributed by atoms with Crippen LogP contribution in [0.2, 0.25) is 0 Å². The molecule has 2 heteroatoms. The third-order valence-corrected chi connectivity index (χ3v) is 5.21. The summed E-state index contributed by atoms with van der Waals surface area (Å²) in [5.41, 5.74) is 1.64. The van der Waals surface area contributed by atoms with Crippen LogP contribution in [0.3, 0.4) is 0 Å². The van der Waals surface area contributed by atoms with Gasteiger partial charge in [0.05, 0.1) is 5.56 Å². The molecule has 0 atom stereocenters. The van der Waals surface area contributed by atoms with Crippen LogP contribution in [0.25, 0.3) is 32.3 Å². The first-order valence-electron chi connectivity index (χ1n) is 9.35. The molecule has 5 aromatic rings. The Morgan fingerprint density at radius 2 is 1.14 bits per heavy atom. The van der Waals surface area contributed by atoms with Crippen molar-refractivity contribution in [3.05, 3.63) is 108 Å². The highest BCUT2D eigenvalue weighted by atomic mass is 16.5. The van der Waals surface area contributed by atoms with E-state index in [2.05, 4.69) is 24.3 Å². The van der Waals surface area contributed by atoms with Gasteiger partial charge >= 0.3 is 5.97 Å². The summed E-state index contributed by atoms with van der Waals surface area (Å²) in [6.45, 7) is 0.248. The molecule has 0 amide bonds. The first-order chi connectivity index (χ1) is 13.8. The van der Waals surface area contributed by atoms with E-state index in [9.17, 15) is 4.79 Å². The Kier molecular flexibility index (Phi) is 4.02. The second-order valence-corrected chi connectivity index (χ2v) is 6.91. The van der Waals surface area contributed by atoms with Crippen molar-refractivity contribution in [2.45, 2.75) is 6.61 Å². The van der Waals surface area contributed by atoms with Crippen molar-refractivity contribution in [1.29, 1.82) is 0 Å². The predicted octanol–water partition coefficient (Wildman–Crippen LogP) is 6.50. The van der Waals surface area contributed by atoms with E-state index in [1.165, 1.54) is 0 Å². The highest BCUT2D eigenvalue weighted by Crippen LogP contribution is 2.29. The fourth-order valence-corrected chi connectivity index (χ4v) is 3.87. The van der Waals surface area contributed by atoms with E-state index >= 15 is 0 Å². The highest BCUT2D eigenvalue weighted by molar-refractivity contribution is 6.16. The van der Waals surface area contributed by atoms with Gasteiger partial charge in [0.1, 0.15) is 6.61 Å². The molecule has 2 nitrogen and oxygen atoms in total. The van der Waals surface area contributed by atoms with E-state index in [1.807, 2.05) is 72.8 Å². The number of fused-ring (bicyclic) bond motifs is 3. The summed E-state index contributed by atoms with van der Waals surface area (Å²) in [4.78, 5) is 13.2. The summed E-state index contributed by atoms with van der Waals surface area (Å²) < 4.78 is 5.80. The van der Waals surface area contributed by atoms with Crippen LogP contribution in [-0.2, 0) is 11.3 Å². The third kappa shape index (κ3) is 2.80. The van der Waals surface area contributed by atoms with Gasteiger partial charge in [0.15, 0.2) is 0 Å². The van der Waals surface area contributed by atoms with E-state index in [4.69, 9.17) is 4.74 Å². The van der Waals surface area contributed by atoms with E-state index in [-0.39, 0.29) is 12.6 Å². The van der Waals surface area contributed by atoms with Crippen LogP contribution in [0.15, 0.2) is 97.1 Å². The molecule has 0 heterocycles. The predicted molar refractivity (Wildman–Crippen MR) is 115 cm³/mol. The molecule has 0 aliphatic heterocycles. The Hall–Kier alpha value is -3.65. The Morgan fingerprint density at radius 1 is 0.607 bits per heavy atom. The molecule has 5 rings (SSSR count). The molecule has 0 aliphatic carbocycles. The van der Waals surface area contributed by atoms with E-state index in [1.54, 1.807) is 0 Å². The standard InChI is InChI=1S/C26H18O2/c27-26(28-17-21-12-7-11-18-8-1-4-13-22(18)21)25-23-14-5-2-9-19(23)16-20-10-3-6-15-24(20)25/h1-16H,17H2. The molecule has 28 heavy (non-hydrogen) atoms. The monoisotopic (exact) mass is 362 g/mol. The quantitative estimate of drug-likeness (QED) is 0.270. The summed E-state index contributed by atoms with van der Waals surface area (Å²) in [6.07, 6.45) is 0. The van der Waals surface area contributed by atoms with Gasteiger partial charge in [0.2, 0.25) is 0 Å². The summed E-state index contributed by atoms with van der Waals surface area (Å²) in [7, 11) is 0. The van der Waals surface area contributed by atoms with Crippen molar-refractivity contribution in [3.63, 3.8) is 0 Å². The average molecular weight is 362 g/mol. The number of hydrogen-bond acceptors (Lipinski definition) is 2. The number of rotatable bonds is 3. The molecule has 134 valence electrons. The first kappa shape index (κ1) is 16.5. The summed E-state index contributed by atoms with van der Waals surface area (Å²) >= 11 is 0. The molecular formula is C26H18O2. The molecule has 0 saturated heterocycles. The number of benzene rings is 5. The maximum atomic E-state index is 13.2. The van der Waals surface area contributed by atoms with Gasteiger partial charge in [-0.1, -0.05) is 91.0 Å². The number of carbonyl (C=O) groups is 1. The van der Waals surface area contributed by atoms with Crippen molar-refractivity contribution in [2.24, 2.45) is 0 Å². The summed E-state index contributed by atoms with van der Waals surface area (Å²) in [6, 6.07) is 32.3. The van der Waals surface area contributed by atoms with Gasteiger partial charge in [-0.25, -0.2) is 4.79 Å². The molecule has 0 fully saturated rings. The zero-order valence-electron chi connectivity index (χ0n) is 15.3.